The second-order valence-electron chi connectivity index (χ2n) is 5.41. The highest BCUT2D eigenvalue weighted by Crippen LogP contribution is 2.31. The molecular formula is C14H17F3N2O2. The summed E-state index contributed by atoms with van der Waals surface area (Å²) in [6, 6.07) is 1.60. The van der Waals surface area contributed by atoms with Crippen LogP contribution in [0, 0.1) is 5.92 Å². The number of alkyl halides is 3. The summed E-state index contributed by atoms with van der Waals surface area (Å²) in [6.07, 6.45) is -0.757. The molecule has 0 bridgehead atoms. The quantitative estimate of drug-likeness (QED) is 0.891. The van der Waals surface area contributed by atoms with Gasteiger partial charge >= 0.3 is 12.1 Å². The van der Waals surface area contributed by atoms with E-state index in [0.29, 0.717) is 6.07 Å². The Morgan fingerprint density at radius 1 is 1.33 bits per heavy atom. The van der Waals surface area contributed by atoms with Crippen LogP contribution in [0.25, 0.3) is 0 Å². The Balaban J connectivity index is 2.32. The number of aromatic nitrogens is 1. The fourth-order valence-electron chi connectivity index (χ4n) is 2.61. The van der Waals surface area contributed by atoms with E-state index in [-0.39, 0.29) is 23.3 Å². The molecule has 1 aliphatic rings. The summed E-state index contributed by atoms with van der Waals surface area (Å²) >= 11 is 0. The molecule has 1 aromatic heterocycles. The van der Waals surface area contributed by atoms with Crippen LogP contribution in [-0.4, -0.2) is 22.1 Å². The van der Waals surface area contributed by atoms with Crippen molar-refractivity contribution in [1.82, 2.24) is 4.98 Å². The van der Waals surface area contributed by atoms with Crippen molar-refractivity contribution < 1.29 is 23.1 Å². The van der Waals surface area contributed by atoms with E-state index in [4.69, 9.17) is 5.11 Å². The van der Waals surface area contributed by atoms with Crippen molar-refractivity contribution in [3.05, 3.63) is 23.4 Å². The van der Waals surface area contributed by atoms with Crippen LogP contribution in [0.5, 0.6) is 0 Å². The van der Waals surface area contributed by atoms with E-state index in [9.17, 15) is 18.0 Å². The summed E-state index contributed by atoms with van der Waals surface area (Å²) < 4.78 is 38.2. The highest BCUT2D eigenvalue weighted by molar-refractivity contribution is 5.93. The Hall–Kier alpha value is -1.79. The lowest BCUT2D eigenvalue weighted by Gasteiger charge is -2.30. The first kappa shape index (κ1) is 15.6. The standard InChI is InChI=1S/C14H17F3N2O2/c1-8-4-2-3-5-10(8)18-12-9(13(20)21)6-7-11(19-12)14(15,16)17/h6-8,10H,2-5H2,1H3,(H,18,19)(H,20,21). The van der Waals surface area contributed by atoms with Crippen LogP contribution in [0.1, 0.15) is 48.7 Å². The lowest BCUT2D eigenvalue weighted by Crippen LogP contribution is -2.31. The van der Waals surface area contributed by atoms with Crippen molar-refractivity contribution >= 4 is 11.8 Å². The lowest BCUT2D eigenvalue weighted by atomic mass is 9.86. The normalized spacial score (nSPS) is 22.9. The molecule has 1 fully saturated rings. The zero-order valence-electron chi connectivity index (χ0n) is 11.6. The van der Waals surface area contributed by atoms with E-state index in [1.54, 1.807) is 0 Å². The Bertz CT molecular complexity index is 531. The number of carboxylic acid groups (broad SMARTS) is 1. The van der Waals surface area contributed by atoms with E-state index in [0.717, 1.165) is 31.7 Å². The van der Waals surface area contributed by atoms with E-state index in [1.165, 1.54) is 0 Å². The number of aromatic carboxylic acids is 1. The van der Waals surface area contributed by atoms with Gasteiger partial charge in [-0.05, 0) is 30.9 Å². The van der Waals surface area contributed by atoms with Gasteiger partial charge < -0.3 is 10.4 Å². The van der Waals surface area contributed by atoms with Gasteiger partial charge in [-0.1, -0.05) is 19.8 Å². The highest BCUT2D eigenvalue weighted by Gasteiger charge is 2.34. The van der Waals surface area contributed by atoms with Crippen molar-refractivity contribution in [1.29, 1.82) is 0 Å². The molecule has 1 aromatic rings. The van der Waals surface area contributed by atoms with Crippen molar-refractivity contribution in [2.45, 2.75) is 44.8 Å². The van der Waals surface area contributed by atoms with E-state index in [2.05, 4.69) is 10.3 Å². The molecule has 0 aromatic carbocycles. The van der Waals surface area contributed by atoms with E-state index < -0.39 is 17.8 Å². The zero-order chi connectivity index (χ0) is 15.6. The number of anilines is 1. The van der Waals surface area contributed by atoms with Crippen LogP contribution in [0.2, 0.25) is 0 Å². The van der Waals surface area contributed by atoms with E-state index in [1.807, 2.05) is 6.92 Å². The van der Waals surface area contributed by atoms with Gasteiger partial charge in [0.2, 0.25) is 0 Å². The lowest BCUT2D eigenvalue weighted by molar-refractivity contribution is -0.141. The molecule has 21 heavy (non-hydrogen) atoms. The molecule has 0 radical (unpaired) electrons. The molecule has 1 heterocycles. The molecule has 2 atom stereocenters. The third-order valence-electron chi connectivity index (χ3n) is 3.85. The minimum absolute atomic E-state index is 0.0483. The maximum atomic E-state index is 12.7. The first-order valence-corrected chi connectivity index (χ1v) is 6.87. The minimum atomic E-state index is -4.59. The number of nitrogens with zero attached hydrogens (tertiary/aromatic N) is 1. The number of halogens is 3. The Morgan fingerprint density at radius 2 is 2.00 bits per heavy atom. The molecule has 0 aliphatic heterocycles. The number of rotatable bonds is 3. The van der Waals surface area contributed by atoms with Crippen LogP contribution >= 0.6 is 0 Å². The smallest absolute Gasteiger partial charge is 0.433 e. The number of hydrogen-bond donors (Lipinski definition) is 2. The molecule has 4 nitrogen and oxygen atoms in total. The third-order valence-corrected chi connectivity index (χ3v) is 3.85. The first-order valence-electron chi connectivity index (χ1n) is 6.87. The summed E-state index contributed by atoms with van der Waals surface area (Å²) in [4.78, 5) is 14.6. The van der Waals surface area contributed by atoms with Crippen molar-refractivity contribution in [2.24, 2.45) is 5.92 Å². The number of carbonyl (C=O) groups is 1. The first-order chi connectivity index (χ1) is 9.79. The summed E-state index contributed by atoms with van der Waals surface area (Å²) in [6.45, 7) is 2.00. The van der Waals surface area contributed by atoms with Gasteiger partial charge in [0.05, 0.1) is 0 Å². The van der Waals surface area contributed by atoms with Crippen LogP contribution in [-0.2, 0) is 6.18 Å². The van der Waals surface area contributed by atoms with Gasteiger partial charge in [0.1, 0.15) is 17.1 Å². The van der Waals surface area contributed by atoms with Crippen LogP contribution in [0.15, 0.2) is 12.1 Å². The molecule has 1 aliphatic carbocycles. The molecule has 0 spiro atoms. The fraction of sp³-hybridized carbons (Fsp3) is 0.571. The zero-order valence-corrected chi connectivity index (χ0v) is 11.6. The number of hydrogen-bond acceptors (Lipinski definition) is 3. The maximum Gasteiger partial charge on any atom is 0.433 e. The largest absolute Gasteiger partial charge is 0.478 e. The predicted molar refractivity (Wildman–Crippen MR) is 71.2 cm³/mol. The molecule has 2 rings (SSSR count). The number of pyridine rings is 1. The molecule has 7 heteroatoms. The van der Waals surface area contributed by atoms with Gasteiger partial charge in [0, 0.05) is 6.04 Å². The molecule has 1 saturated carbocycles. The van der Waals surface area contributed by atoms with Gasteiger partial charge in [0.25, 0.3) is 0 Å². The molecule has 2 N–H and O–H groups in total. The van der Waals surface area contributed by atoms with Crippen LogP contribution in [0.4, 0.5) is 19.0 Å². The van der Waals surface area contributed by atoms with Crippen molar-refractivity contribution in [3.63, 3.8) is 0 Å². The topological polar surface area (TPSA) is 62.2 Å². The molecular weight excluding hydrogens is 285 g/mol. The average Bonchev–Trinajstić information content (AvgIpc) is 2.40. The SMILES string of the molecule is CC1CCCCC1Nc1nc(C(F)(F)F)ccc1C(=O)O. The van der Waals surface area contributed by atoms with Gasteiger partial charge in [-0.3, -0.25) is 0 Å². The second kappa shape index (κ2) is 5.91. The third kappa shape index (κ3) is 3.65. The minimum Gasteiger partial charge on any atom is -0.478 e. The molecule has 0 amide bonds. The van der Waals surface area contributed by atoms with Gasteiger partial charge in [0.15, 0.2) is 0 Å². The second-order valence-corrected chi connectivity index (χ2v) is 5.41. The Morgan fingerprint density at radius 3 is 2.57 bits per heavy atom. The molecule has 116 valence electrons. The number of carboxylic acids is 1. The highest BCUT2D eigenvalue weighted by atomic mass is 19.4. The monoisotopic (exact) mass is 302 g/mol. The maximum absolute atomic E-state index is 12.7. The summed E-state index contributed by atoms with van der Waals surface area (Å²) in [5.74, 6) is -1.21. The summed E-state index contributed by atoms with van der Waals surface area (Å²) in [7, 11) is 0. The average molecular weight is 302 g/mol. The predicted octanol–water partition coefficient (Wildman–Crippen LogP) is 3.79. The van der Waals surface area contributed by atoms with Gasteiger partial charge in [-0.25, -0.2) is 9.78 Å². The fourth-order valence-corrected chi connectivity index (χ4v) is 2.61. The van der Waals surface area contributed by atoms with Crippen LogP contribution in [0.3, 0.4) is 0 Å². The molecule has 0 saturated heterocycles. The van der Waals surface area contributed by atoms with E-state index >= 15 is 0 Å². The van der Waals surface area contributed by atoms with Gasteiger partial charge in [-0.15, -0.1) is 0 Å². The van der Waals surface area contributed by atoms with Crippen molar-refractivity contribution in [3.8, 4) is 0 Å². The van der Waals surface area contributed by atoms with Gasteiger partial charge in [-0.2, -0.15) is 13.2 Å². The Kier molecular flexibility index (Phi) is 4.39. The molecule has 2 unspecified atom stereocenters. The summed E-state index contributed by atoms with van der Waals surface area (Å²) in [5.41, 5.74) is -1.32. The number of nitrogens with one attached hydrogen (secondary N) is 1. The van der Waals surface area contributed by atoms with Crippen LogP contribution < -0.4 is 5.32 Å². The summed E-state index contributed by atoms with van der Waals surface area (Å²) in [5, 5.41) is 12.0. The Labute approximate surface area is 120 Å². The van der Waals surface area contributed by atoms with Crippen molar-refractivity contribution in [2.75, 3.05) is 5.32 Å².